The number of hydrogen-bond donors (Lipinski definition) is 1. The third-order valence-electron chi connectivity index (χ3n) is 2.65. The topological polar surface area (TPSA) is 44.5 Å². The lowest BCUT2D eigenvalue weighted by atomic mass is 10.2. The van der Waals surface area contributed by atoms with Crippen LogP contribution >= 0.6 is 31.9 Å². The SMILES string of the molecule is COc1ccc(Br)cc1COc1c(N)cc(F)cc1Br. The van der Waals surface area contributed by atoms with Gasteiger partial charge in [0, 0.05) is 16.1 Å². The van der Waals surface area contributed by atoms with E-state index >= 15 is 0 Å². The molecule has 3 nitrogen and oxygen atoms in total. The van der Waals surface area contributed by atoms with E-state index in [1.807, 2.05) is 18.2 Å². The van der Waals surface area contributed by atoms with Crippen LogP contribution in [0.4, 0.5) is 10.1 Å². The monoisotopic (exact) mass is 403 g/mol. The molecule has 0 fully saturated rings. The van der Waals surface area contributed by atoms with Gasteiger partial charge in [-0.05, 0) is 40.2 Å². The summed E-state index contributed by atoms with van der Waals surface area (Å²) in [5, 5.41) is 0. The summed E-state index contributed by atoms with van der Waals surface area (Å²) >= 11 is 6.63. The summed E-state index contributed by atoms with van der Waals surface area (Å²) in [5.74, 6) is 0.709. The lowest BCUT2D eigenvalue weighted by Gasteiger charge is -2.13. The molecule has 0 bridgehead atoms. The van der Waals surface area contributed by atoms with Crippen LogP contribution in [0.5, 0.6) is 11.5 Å². The van der Waals surface area contributed by atoms with Crippen molar-refractivity contribution < 1.29 is 13.9 Å². The highest BCUT2D eigenvalue weighted by atomic mass is 79.9. The van der Waals surface area contributed by atoms with Crippen LogP contribution in [0.1, 0.15) is 5.56 Å². The minimum Gasteiger partial charge on any atom is -0.496 e. The van der Waals surface area contributed by atoms with Crippen molar-refractivity contribution in [2.24, 2.45) is 0 Å². The highest BCUT2D eigenvalue weighted by molar-refractivity contribution is 9.10. The fourth-order valence-corrected chi connectivity index (χ4v) is 2.71. The molecule has 2 N–H and O–H groups in total. The molecule has 0 amide bonds. The molecule has 0 heterocycles. The van der Waals surface area contributed by atoms with Gasteiger partial charge in [0.25, 0.3) is 0 Å². The average molecular weight is 405 g/mol. The Morgan fingerprint density at radius 1 is 1.20 bits per heavy atom. The molecule has 2 rings (SSSR count). The van der Waals surface area contributed by atoms with E-state index in [-0.39, 0.29) is 12.3 Å². The van der Waals surface area contributed by atoms with Gasteiger partial charge in [-0.25, -0.2) is 4.39 Å². The number of hydrogen-bond acceptors (Lipinski definition) is 3. The summed E-state index contributed by atoms with van der Waals surface area (Å²) in [6.07, 6.45) is 0. The van der Waals surface area contributed by atoms with E-state index in [1.54, 1.807) is 7.11 Å². The predicted octanol–water partition coefficient (Wildman–Crippen LogP) is 4.52. The molecule has 0 saturated carbocycles. The largest absolute Gasteiger partial charge is 0.496 e. The first-order chi connectivity index (χ1) is 9.51. The second-order valence-electron chi connectivity index (χ2n) is 4.05. The van der Waals surface area contributed by atoms with Crippen LogP contribution < -0.4 is 15.2 Å². The van der Waals surface area contributed by atoms with Gasteiger partial charge in [-0.1, -0.05) is 15.9 Å². The third kappa shape index (κ3) is 3.43. The van der Waals surface area contributed by atoms with Crippen molar-refractivity contribution in [1.82, 2.24) is 0 Å². The minimum absolute atomic E-state index is 0.242. The van der Waals surface area contributed by atoms with E-state index in [0.29, 0.717) is 16.0 Å². The van der Waals surface area contributed by atoms with Gasteiger partial charge in [0.15, 0.2) is 5.75 Å². The van der Waals surface area contributed by atoms with Gasteiger partial charge in [0.2, 0.25) is 0 Å². The van der Waals surface area contributed by atoms with Crippen molar-refractivity contribution >= 4 is 37.5 Å². The van der Waals surface area contributed by atoms with Crippen molar-refractivity contribution in [3.05, 3.63) is 50.7 Å². The molecule has 20 heavy (non-hydrogen) atoms. The number of ether oxygens (including phenoxy) is 2. The van der Waals surface area contributed by atoms with Gasteiger partial charge in [0.05, 0.1) is 17.3 Å². The first kappa shape index (κ1) is 15.1. The van der Waals surface area contributed by atoms with Crippen molar-refractivity contribution in [1.29, 1.82) is 0 Å². The maximum Gasteiger partial charge on any atom is 0.157 e. The molecule has 0 aromatic heterocycles. The second-order valence-corrected chi connectivity index (χ2v) is 5.82. The molecule has 0 spiro atoms. The average Bonchev–Trinajstić information content (AvgIpc) is 2.37. The highest BCUT2D eigenvalue weighted by Crippen LogP contribution is 2.34. The third-order valence-corrected chi connectivity index (χ3v) is 3.73. The van der Waals surface area contributed by atoms with Gasteiger partial charge in [-0.15, -0.1) is 0 Å². The molecule has 0 aliphatic carbocycles. The van der Waals surface area contributed by atoms with E-state index in [2.05, 4.69) is 31.9 Å². The zero-order valence-electron chi connectivity index (χ0n) is 10.6. The summed E-state index contributed by atoms with van der Waals surface area (Å²) in [6, 6.07) is 8.14. The molecule has 0 atom stereocenters. The Morgan fingerprint density at radius 3 is 2.60 bits per heavy atom. The molecule has 0 unspecified atom stereocenters. The molecule has 0 radical (unpaired) electrons. The van der Waals surface area contributed by atoms with Crippen LogP contribution in [0.2, 0.25) is 0 Å². The van der Waals surface area contributed by atoms with Crippen molar-refractivity contribution in [3.63, 3.8) is 0 Å². The summed E-state index contributed by atoms with van der Waals surface area (Å²) in [6.45, 7) is 0.261. The first-order valence-corrected chi connectivity index (χ1v) is 7.29. The molecule has 2 aromatic rings. The summed E-state index contributed by atoms with van der Waals surface area (Å²) in [7, 11) is 1.59. The fourth-order valence-electron chi connectivity index (χ4n) is 1.74. The number of nitrogen functional groups attached to an aromatic ring is 1. The standard InChI is InChI=1S/C14H12Br2FNO2/c1-19-13-3-2-9(15)4-8(13)7-20-14-11(16)5-10(17)6-12(14)18/h2-6H,7,18H2,1H3. The summed E-state index contributed by atoms with van der Waals surface area (Å²) in [5.41, 5.74) is 6.85. The minimum atomic E-state index is -0.415. The highest BCUT2D eigenvalue weighted by Gasteiger charge is 2.11. The summed E-state index contributed by atoms with van der Waals surface area (Å²) < 4.78 is 25.5. The van der Waals surface area contributed by atoms with Crippen molar-refractivity contribution in [3.8, 4) is 11.5 Å². The van der Waals surface area contributed by atoms with Gasteiger partial charge in [-0.3, -0.25) is 0 Å². The van der Waals surface area contributed by atoms with Gasteiger partial charge in [-0.2, -0.15) is 0 Å². The Balaban J connectivity index is 2.23. The van der Waals surface area contributed by atoms with Crippen LogP contribution in [0.3, 0.4) is 0 Å². The molecule has 106 valence electrons. The number of nitrogens with two attached hydrogens (primary N) is 1. The number of benzene rings is 2. The Morgan fingerprint density at radius 2 is 1.95 bits per heavy atom. The van der Waals surface area contributed by atoms with Crippen molar-refractivity contribution in [2.45, 2.75) is 6.61 Å². The van der Waals surface area contributed by atoms with E-state index < -0.39 is 5.82 Å². The van der Waals surface area contributed by atoms with E-state index in [1.165, 1.54) is 12.1 Å². The first-order valence-electron chi connectivity index (χ1n) is 5.71. The van der Waals surface area contributed by atoms with Crippen LogP contribution in [0.25, 0.3) is 0 Å². The van der Waals surface area contributed by atoms with Crippen LogP contribution in [-0.2, 0) is 6.61 Å². The molecule has 6 heteroatoms. The van der Waals surface area contributed by atoms with Crippen LogP contribution in [-0.4, -0.2) is 7.11 Å². The maximum absolute atomic E-state index is 13.2. The van der Waals surface area contributed by atoms with Crippen molar-refractivity contribution in [2.75, 3.05) is 12.8 Å². The Bertz CT molecular complexity index is 612. The number of rotatable bonds is 4. The number of anilines is 1. The van der Waals surface area contributed by atoms with Crippen LogP contribution in [0, 0.1) is 5.82 Å². The predicted molar refractivity (Wildman–Crippen MR) is 83.5 cm³/mol. The Hall–Kier alpha value is -1.27. The molecule has 2 aromatic carbocycles. The van der Waals surface area contributed by atoms with Crippen LogP contribution in [0.15, 0.2) is 39.3 Å². The molecule has 0 saturated heterocycles. The smallest absolute Gasteiger partial charge is 0.157 e. The Kier molecular flexibility index (Phi) is 4.88. The summed E-state index contributed by atoms with van der Waals surface area (Å²) in [4.78, 5) is 0. The molecular weight excluding hydrogens is 393 g/mol. The molecule has 0 aliphatic heterocycles. The van der Waals surface area contributed by atoms with Gasteiger partial charge >= 0.3 is 0 Å². The maximum atomic E-state index is 13.2. The number of halogens is 3. The quantitative estimate of drug-likeness (QED) is 0.762. The zero-order valence-corrected chi connectivity index (χ0v) is 13.8. The lowest BCUT2D eigenvalue weighted by Crippen LogP contribution is -2.02. The molecular formula is C14H12Br2FNO2. The molecule has 0 aliphatic rings. The normalized spacial score (nSPS) is 10.4. The zero-order chi connectivity index (χ0) is 14.7. The van der Waals surface area contributed by atoms with E-state index in [4.69, 9.17) is 15.2 Å². The number of methoxy groups -OCH3 is 1. The van der Waals surface area contributed by atoms with E-state index in [0.717, 1.165) is 10.0 Å². The van der Waals surface area contributed by atoms with Gasteiger partial charge in [0.1, 0.15) is 18.2 Å². The van der Waals surface area contributed by atoms with E-state index in [9.17, 15) is 4.39 Å². The second kappa shape index (κ2) is 6.45. The fraction of sp³-hybridized carbons (Fsp3) is 0.143. The van der Waals surface area contributed by atoms with Gasteiger partial charge < -0.3 is 15.2 Å². The lowest BCUT2D eigenvalue weighted by molar-refractivity contribution is 0.296. The Labute approximate surface area is 133 Å².